The average molecular weight is 329 g/mol. The SMILES string of the molecule is CCCCN1C(=O)CC[C@@H]2CN(Cc3cc(C)ccc3C)CC[C@@H]21. The third-order valence-electron chi connectivity index (χ3n) is 5.88. The molecule has 2 saturated heterocycles. The molecular weight excluding hydrogens is 296 g/mol. The number of carbonyl (C=O) groups excluding carboxylic acids is 1. The van der Waals surface area contributed by atoms with Gasteiger partial charge in [0.2, 0.25) is 5.91 Å². The molecule has 2 atom stereocenters. The monoisotopic (exact) mass is 328 g/mol. The van der Waals surface area contributed by atoms with Gasteiger partial charge in [0, 0.05) is 38.6 Å². The number of benzene rings is 1. The predicted octanol–water partition coefficient (Wildman–Crippen LogP) is 3.92. The normalized spacial score (nSPS) is 25.0. The van der Waals surface area contributed by atoms with Gasteiger partial charge < -0.3 is 4.90 Å². The van der Waals surface area contributed by atoms with Crippen molar-refractivity contribution >= 4 is 5.91 Å². The molecule has 2 aliphatic rings. The molecule has 0 bridgehead atoms. The van der Waals surface area contributed by atoms with Crippen LogP contribution in [0.3, 0.4) is 0 Å². The molecule has 2 fully saturated rings. The predicted molar refractivity (Wildman–Crippen MR) is 98.9 cm³/mol. The first-order valence-electron chi connectivity index (χ1n) is 9.66. The number of hydrogen-bond donors (Lipinski definition) is 0. The highest BCUT2D eigenvalue weighted by Crippen LogP contribution is 2.32. The number of nitrogens with zero attached hydrogens (tertiary/aromatic N) is 2. The number of rotatable bonds is 5. The average Bonchev–Trinajstić information content (AvgIpc) is 2.57. The van der Waals surface area contributed by atoms with Crippen LogP contribution in [0, 0.1) is 19.8 Å². The van der Waals surface area contributed by atoms with Crippen LogP contribution in [0.2, 0.25) is 0 Å². The van der Waals surface area contributed by atoms with Crippen molar-refractivity contribution in [3.05, 3.63) is 34.9 Å². The molecule has 0 spiro atoms. The molecule has 2 heterocycles. The van der Waals surface area contributed by atoms with Gasteiger partial charge in [0.1, 0.15) is 0 Å². The maximum Gasteiger partial charge on any atom is 0.222 e. The Bertz CT molecular complexity index is 583. The largest absolute Gasteiger partial charge is 0.339 e. The topological polar surface area (TPSA) is 23.6 Å². The third kappa shape index (κ3) is 3.83. The van der Waals surface area contributed by atoms with E-state index in [0.29, 0.717) is 17.9 Å². The van der Waals surface area contributed by atoms with E-state index < -0.39 is 0 Å². The Kier molecular flexibility index (Phi) is 5.60. The fourth-order valence-electron chi connectivity index (χ4n) is 4.40. The van der Waals surface area contributed by atoms with E-state index in [1.165, 1.54) is 23.1 Å². The van der Waals surface area contributed by atoms with E-state index >= 15 is 0 Å². The van der Waals surface area contributed by atoms with Crippen LogP contribution in [0.5, 0.6) is 0 Å². The highest BCUT2D eigenvalue weighted by atomic mass is 16.2. The Morgan fingerprint density at radius 3 is 2.83 bits per heavy atom. The standard InChI is InChI=1S/C21H32N2O/c1-4-5-11-23-20-10-12-22(14-18(20)8-9-21(23)24)15-19-13-16(2)6-7-17(19)3/h6-7,13,18,20H,4-5,8-12,14-15H2,1-3H3/t18-,20+/m1/s1. The van der Waals surface area contributed by atoms with E-state index in [2.05, 4.69) is 48.8 Å². The van der Waals surface area contributed by atoms with Gasteiger partial charge in [-0.05, 0) is 50.2 Å². The van der Waals surface area contributed by atoms with Gasteiger partial charge in [-0.3, -0.25) is 9.69 Å². The minimum absolute atomic E-state index is 0.396. The number of fused-ring (bicyclic) bond motifs is 1. The molecule has 2 aliphatic heterocycles. The summed E-state index contributed by atoms with van der Waals surface area (Å²) in [7, 11) is 0. The molecule has 0 N–H and O–H groups in total. The van der Waals surface area contributed by atoms with Crippen LogP contribution >= 0.6 is 0 Å². The molecule has 0 radical (unpaired) electrons. The van der Waals surface area contributed by atoms with Gasteiger partial charge in [-0.15, -0.1) is 0 Å². The Labute approximate surface area is 147 Å². The first-order valence-corrected chi connectivity index (χ1v) is 9.66. The number of hydrogen-bond acceptors (Lipinski definition) is 2. The van der Waals surface area contributed by atoms with E-state index in [9.17, 15) is 4.79 Å². The molecule has 0 aromatic heterocycles. The second-order valence-electron chi connectivity index (χ2n) is 7.76. The van der Waals surface area contributed by atoms with E-state index in [-0.39, 0.29) is 0 Å². The summed E-state index contributed by atoms with van der Waals surface area (Å²) in [5.41, 5.74) is 4.20. The van der Waals surface area contributed by atoms with Gasteiger partial charge in [0.05, 0.1) is 0 Å². The molecular formula is C21H32N2O. The lowest BCUT2D eigenvalue weighted by Gasteiger charge is -2.47. The number of piperidine rings is 2. The van der Waals surface area contributed by atoms with Crippen LogP contribution in [-0.2, 0) is 11.3 Å². The van der Waals surface area contributed by atoms with Crippen molar-refractivity contribution in [1.82, 2.24) is 9.80 Å². The number of carbonyl (C=O) groups is 1. The number of aryl methyl sites for hydroxylation is 2. The van der Waals surface area contributed by atoms with Gasteiger partial charge in [-0.25, -0.2) is 0 Å². The minimum Gasteiger partial charge on any atom is -0.339 e. The fourth-order valence-corrected chi connectivity index (χ4v) is 4.40. The summed E-state index contributed by atoms with van der Waals surface area (Å²) in [5, 5.41) is 0. The van der Waals surface area contributed by atoms with E-state index in [1.807, 2.05) is 0 Å². The Morgan fingerprint density at radius 2 is 2.04 bits per heavy atom. The maximum atomic E-state index is 12.3. The zero-order valence-electron chi connectivity index (χ0n) is 15.6. The lowest BCUT2D eigenvalue weighted by molar-refractivity contribution is -0.141. The molecule has 3 heteroatoms. The lowest BCUT2D eigenvalue weighted by Crippen LogP contribution is -2.55. The van der Waals surface area contributed by atoms with Gasteiger partial charge in [-0.2, -0.15) is 0 Å². The van der Waals surface area contributed by atoms with E-state index in [4.69, 9.17) is 0 Å². The maximum absolute atomic E-state index is 12.3. The van der Waals surface area contributed by atoms with E-state index in [1.54, 1.807) is 0 Å². The van der Waals surface area contributed by atoms with Crippen molar-refractivity contribution < 1.29 is 4.79 Å². The molecule has 1 aromatic rings. The second-order valence-corrected chi connectivity index (χ2v) is 7.76. The van der Waals surface area contributed by atoms with Crippen molar-refractivity contribution in [2.75, 3.05) is 19.6 Å². The van der Waals surface area contributed by atoms with Crippen molar-refractivity contribution in [2.45, 2.75) is 65.5 Å². The van der Waals surface area contributed by atoms with Crippen molar-refractivity contribution in [1.29, 1.82) is 0 Å². The smallest absolute Gasteiger partial charge is 0.222 e. The summed E-state index contributed by atoms with van der Waals surface area (Å²) in [6.45, 7) is 10.9. The molecule has 3 rings (SSSR count). The highest BCUT2D eigenvalue weighted by molar-refractivity contribution is 5.77. The molecule has 132 valence electrons. The molecule has 1 amide bonds. The summed E-state index contributed by atoms with van der Waals surface area (Å²) in [6, 6.07) is 7.26. The van der Waals surface area contributed by atoms with Crippen molar-refractivity contribution in [3.8, 4) is 0 Å². The minimum atomic E-state index is 0.396. The summed E-state index contributed by atoms with van der Waals surface area (Å²) in [6.07, 6.45) is 5.28. The number of amides is 1. The van der Waals surface area contributed by atoms with Gasteiger partial charge in [-0.1, -0.05) is 37.1 Å². The van der Waals surface area contributed by atoms with Gasteiger partial charge in [0.25, 0.3) is 0 Å². The van der Waals surface area contributed by atoms with Crippen LogP contribution in [0.4, 0.5) is 0 Å². The fraction of sp³-hybridized carbons (Fsp3) is 0.667. The van der Waals surface area contributed by atoms with Crippen LogP contribution in [0.1, 0.15) is 55.7 Å². The second kappa shape index (κ2) is 7.69. The van der Waals surface area contributed by atoms with Crippen LogP contribution in [0.15, 0.2) is 18.2 Å². The molecule has 0 unspecified atom stereocenters. The highest BCUT2D eigenvalue weighted by Gasteiger charge is 2.38. The molecule has 0 saturated carbocycles. The zero-order chi connectivity index (χ0) is 17.1. The zero-order valence-corrected chi connectivity index (χ0v) is 15.6. The van der Waals surface area contributed by atoms with E-state index in [0.717, 1.165) is 51.9 Å². The third-order valence-corrected chi connectivity index (χ3v) is 5.88. The quantitative estimate of drug-likeness (QED) is 0.818. The summed E-state index contributed by atoms with van der Waals surface area (Å²) < 4.78 is 0. The number of likely N-dealkylation sites (tertiary alicyclic amines) is 2. The van der Waals surface area contributed by atoms with Gasteiger partial charge >= 0.3 is 0 Å². The molecule has 0 aliphatic carbocycles. The lowest BCUT2D eigenvalue weighted by atomic mass is 9.83. The van der Waals surface area contributed by atoms with Crippen LogP contribution < -0.4 is 0 Å². The van der Waals surface area contributed by atoms with Crippen LogP contribution in [-0.4, -0.2) is 41.4 Å². The van der Waals surface area contributed by atoms with Crippen LogP contribution in [0.25, 0.3) is 0 Å². The Morgan fingerprint density at radius 1 is 1.21 bits per heavy atom. The van der Waals surface area contributed by atoms with Crippen molar-refractivity contribution in [3.63, 3.8) is 0 Å². The summed E-state index contributed by atoms with van der Waals surface area (Å²) in [5.74, 6) is 1.06. The van der Waals surface area contributed by atoms with Gasteiger partial charge in [0.15, 0.2) is 0 Å². The first kappa shape index (κ1) is 17.5. The first-order chi connectivity index (χ1) is 11.6. The van der Waals surface area contributed by atoms with Crippen molar-refractivity contribution in [2.24, 2.45) is 5.92 Å². The molecule has 3 nitrogen and oxygen atoms in total. The summed E-state index contributed by atoms with van der Waals surface area (Å²) >= 11 is 0. The molecule has 1 aromatic carbocycles. The Hall–Kier alpha value is -1.35. The number of unbranched alkanes of at least 4 members (excludes halogenated alkanes) is 1. The molecule has 24 heavy (non-hydrogen) atoms. The summed E-state index contributed by atoms with van der Waals surface area (Å²) in [4.78, 5) is 17.1. The Balaban J connectivity index is 1.64.